The fraction of sp³-hybridized carbons (Fsp3) is 0.0909. The summed E-state index contributed by atoms with van der Waals surface area (Å²) in [6, 6.07) is 15.3. The molecule has 5 rings (SSSR count). The van der Waals surface area contributed by atoms with Crippen molar-refractivity contribution in [2.45, 2.75) is 6.54 Å². The zero-order chi connectivity index (χ0) is 23.3. The fourth-order valence-corrected chi connectivity index (χ4v) is 5.76. The van der Waals surface area contributed by atoms with Gasteiger partial charge in [0.05, 0.1) is 17.5 Å². The number of carbonyl (C=O) groups excluding carboxylic acids is 1. The van der Waals surface area contributed by atoms with Gasteiger partial charge in [-0.3, -0.25) is 10.2 Å². The molecule has 0 bridgehead atoms. The van der Waals surface area contributed by atoms with Gasteiger partial charge in [0.2, 0.25) is 20.2 Å². The lowest BCUT2D eigenvalue weighted by Gasteiger charge is -2.23. The highest BCUT2D eigenvalue weighted by Crippen LogP contribution is 2.31. The molecule has 0 fully saturated rings. The Bertz CT molecular complexity index is 1550. The molecular formula is C22H16ClN5O3S2. The molecule has 1 N–H and O–H groups in total. The van der Waals surface area contributed by atoms with Gasteiger partial charge in [0.1, 0.15) is 5.84 Å². The van der Waals surface area contributed by atoms with E-state index in [1.807, 2.05) is 59.3 Å². The fourth-order valence-electron chi connectivity index (χ4n) is 3.72. The molecule has 1 aromatic heterocycles. The Labute approximate surface area is 198 Å². The third kappa shape index (κ3) is 3.79. The first kappa shape index (κ1) is 21.6. The molecule has 0 aliphatic carbocycles. The molecule has 0 atom stereocenters. The summed E-state index contributed by atoms with van der Waals surface area (Å²) in [5, 5.41) is 9.84. The lowest BCUT2D eigenvalue weighted by Crippen LogP contribution is -2.45. The van der Waals surface area contributed by atoms with E-state index in [-0.39, 0.29) is 21.7 Å². The molecule has 3 aromatic rings. The van der Waals surface area contributed by atoms with Crippen molar-refractivity contribution in [2.24, 2.45) is 9.39 Å². The van der Waals surface area contributed by atoms with Gasteiger partial charge in [-0.1, -0.05) is 48.0 Å². The van der Waals surface area contributed by atoms with E-state index < -0.39 is 15.7 Å². The number of carbonyl (C=O) groups is 1. The van der Waals surface area contributed by atoms with E-state index in [0.29, 0.717) is 17.1 Å². The van der Waals surface area contributed by atoms with E-state index in [1.165, 1.54) is 0 Å². The topological polar surface area (TPSA) is 108 Å². The number of benzene rings is 2. The monoisotopic (exact) mass is 497 g/mol. The minimum atomic E-state index is -3.71. The summed E-state index contributed by atoms with van der Waals surface area (Å²) in [5.41, 5.74) is 2.56. The van der Waals surface area contributed by atoms with Crippen LogP contribution in [-0.2, 0) is 21.2 Å². The molecule has 166 valence electrons. The summed E-state index contributed by atoms with van der Waals surface area (Å²) >= 11 is 7.11. The Morgan fingerprint density at radius 3 is 2.64 bits per heavy atom. The molecule has 0 radical (unpaired) electrons. The first-order valence-corrected chi connectivity index (χ1v) is 12.8. The van der Waals surface area contributed by atoms with Gasteiger partial charge in [-0.2, -0.15) is 9.39 Å². The quantitative estimate of drug-likeness (QED) is 0.435. The second kappa shape index (κ2) is 7.98. The van der Waals surface area contributed by atoms with E-state index in [1.54, 1.807) is 6.08 Å². The van der Waals surface area contributed by atoms with Gasteiger partial charge in [0.25, 0.3) is 5.91 Å². The van der Waals surface area contributed by atoms with Gasteiger partial charge in [-0.15, -0.1) is 0 Å². The normalized spacial score (nSPS) is 17.5. The maximum atomic E-state index is 12.7. The number of halogens is 1. The molecule has 0 saturated heterocycles. The number of rotatable bonds is 3. The molecule has 1 amide bonds. The highest BCUT2D eigenvalue weighted by atomic mass is 35.5. The van der Waals surface area contributed by atoms with E-state index >= 15 is 0 Å². The Morgan fingerprint density at radius 1 is 1.15 bits per heavy atom. The summed E-state index contributed by atoms with van der Waals surface area (Å²) in [5.74, 6) is -0.895. The lowest BCUT2D eigenvalue weighted by molar-refractivity contribution is -0.114. The number of fused-ring (bicyclic) bond motifs is 2. The number of aliphatic imine (C=N–C) groups is 1. The summed E-state index contributed by atoms with van der Waals surface area (Å²) < 4.78 is 30.1. The van der Waals surface area contributed by atoms with Gasteiger partial charge in [-0.25, -0.2) is 13.3 Å². The zero-order valence-electron chi connectivity index (χ0n) is 17.2. The van der Waals surface area contributed by atoms with E-state index in [0.717, 1.165) is 39.6 Å². The Hall–Kier alpha value is -3.21. The molecule has 2 aliphatic rings. The van der Waals surface area contributed by atoms with Crippen LogP contribution in [0.1, 0.15) is 11.1 Å². The third-order valence-electron chi connectivity index (χ3n) is 5.24. The van der Waals surface area contributed by atoms with Gasteiger partial charge in [-0.05, 0) is 23.8 Å². The van der Waals surface area contributed by atoms with Crippen molar-refractivity contribution in [1.29, 1.82) is 5.41 Å². The SMILES string of the molecule is CS(=O)(=O)C1=NSC2=NC(=O)/C(=C\c3cn(Cc4ccccc4Cl)c4ccccc34)C(=N)N21. The standard InChI is InChI=1S/C22H16ClN5O3S2/c1-33(30,31)22-26-32-21-25-20(29)16(19(24)28(21)22)10-14-12-27(18-9-5-3-7-15(14)18)11-13-6-2-4-8-17(13)23/h2-10,12,24H,11H2,1H3/b16-10-,24-19?. The van der Waals surface area contributed by atoms with Crippen LogP contribution in [0.2, 0.25) is 5.02 Å². The van der Waals surface area contributed by atoms with Crippen LogP contribution < -0.4 is 0 Å². The average molecular weight is 498 g/mol. The van der Waals surface area contributed by atoms with Crippen LogP contribution in [-0.4, -0.2) is 46.2 Å². The first-order chi connectivity index (χ1) is 15.7. The molecular weight excluding hydrogens is 482 g/mol. The van der Waals surface area contributed by atoms with Gasteiger partial charge in [0.15, 0.2) is 0 Å². The molecule has 3 heterocycles. The predicted octanol–water partition coefficient (Wildman–Crippen LogP) is 3.96. The molecule has 0 spiro atoms. The second-order valence-corrected chi connectivity index (χ2v) is 10.5. The number of hydrogen-bond acceptors (Lipinski definition) is 6. The average Bonchev–Trinajstić information content (AvgIpc) is 3.35. The minimum absolute atomic E-state index is 0.0155. The molecule has 8 nitrogen and oxygen atoms in total. The van der Waals surface area contributed by atoms with Crippen LogP contribution in [0, 0.1) is 5.41 Å². The van der Waals surface area contributed by atoms with Crippen LogP contribution in [0.3, 0.4) is 0 Å². The number of hydrogen-bond donors (Lipinski definition) is 1. The molecule has 2 aliphatic heterocycles. The number of sulfone groups is 1. The Morgan fingerprint density at radius 2 is 1.88 bits per heavy atom. The largest absolute Gasteiger partial charge is 0.342 e. The van der Waals surface area contributed by atoms with E-state index in [9.17, 15) is 13.2 Å². The van der Waals surface area contributed by atoms with Crippen LogP contribution in [0.4, 0.5) is 0 Å². The van der Waals surface area contributed by atoms with Crippen LogP contribution >= 0.6 is 23.5 Å². The maximum absolute atomic E-state index is 12.7. The maximum Gasteiger partial charge on any atom is 0.283 e. The highest BCUT2D eigenvalue weighted by Gasteiger charge is 2.41. The van der Waals surface area contributed by atoms with Crippen molar-refractivity contribution < 1.29 is 13.2 Å². The van der Waals surface area contributed by atoms with Crippen molar-refractivity contribution in [2.75, 3.05) is 6.26 Å². The second-order valence-electron chi connectivity index (χ2n) is 7.50. The molecule has 2 aromatic carbocycles. The van der Waals surface area contributed by atoms with Crippen molar-refractivity contribution in [1.82, 2.24) is 9.47 Å². The zero-order valence-corrected chi connectivity index (χ0v) is 19.6. The Balaban J connectivity index is 1.60. The number of amides is 1. The number of amidine groups is 3. The predicted molar refractivity (Wildman–Crippen MR) is 132 cm³/mol. The molecule has 11 heteroatoms. The van der Waals surface area contributed by atoms with Crippen molar-refractivity contribution in [3.63, 3.8) is 0 Å². The van der Waals surface area contributed by atoms with Crippen molar-refractivity contribution >= 4 is 72.4 Å². The van der Waals surface area contributed by atoms with E-state index in [4.69, 9.17) is 17.0 Å². The molecule has 0 saturated carbocycles. The highest BCUT2D eigenvalue weighted by molar-refractivity contribution is 8.16. The first-order valence-electron chi connectivity index (χ1n) is 9.74. The summed E-state index contributed by atoms with van der Waals surface area (Å²) in [6.07, 6.45) is 4.45. The van der Waals surface area contributed by atoms with Gasteiger partial charge >= 0.3 is 0 Å². The number of para-hydroxylation sites is 1. The summed E-state index contributed by atoms with van der Waals surface area (Å²) in [7, 11) is -3.71. The molecule has 33 heavy (non-hydrogen) atoms. The smallest absolute Gasteiger partial charge is 0.283 e. The molecule has 0 unspecified atom stereocenters. The minimum Gasteiger partial charge on any atom is -0.342 e. The van der Waals surface area contributed by atoms with Gasteiger partial charge < -0.3 is 4.57 Å². The van der Waals surface area contributed by atoms with Crippen LogP contribution in [0.15, 0.2) is 69.7 Å². The summed E-state index contributed by atoms with van der Waals surface area (Å²) in [4.78, 5) is 17.8. The van der Waals surface area contributed by atoms with Crippen LogP contribution in [0.25, 0.3) is 17.0 Å². The Kier molecular flexibility index (Phi) is 5.23. The van der Waals surface area contributed by atoms with Crippen molar-refractivity contribution in [3.05, 3.63) is 76.5 Å². The van der Waals surface area contributed by atoms with Crippen LogP contribution in [0.5, 0.6) is 0 Å². The summed E-state index contributed by atoms with van der Waals surface area (Å²) in [6.45, 7) is 0.519. The lowest BCUT2D eigenvalue weighted by atomic mass is 10.1. The third-order valence-corrected chi connectivity index (χ3v) is 7.37. The van der Waals surface area contributed by atoms with E-state index in [2.05, 4.69) is 9.39 Å². The number of aromatic nitrogens is 1. The number of nitrogens with one attached hydrogen (secondary N) is 1. The van der Waals surface area contributed by atoms with Crippen molar-refractivity contribution in [3.8, 4) is 0 Å². The van der Waals surface area contributed by atoms with Gasteiger partial charge in [0, 0.05) is 40.5 Å². The number of nitrogens with zero attached hydrogens (tertiary/aromatic N) is 4.